The second-order valence-corrected chi connectivity index (χ2v) is 5.94. The van der Waals surface area contributed by atoms with Crippen LogP contribution in [0.1, 0.15) is 22.7 Å². The van der Waals surface area contributed by atoms with Crippen LogP contribution in [-0.4, -0.2) is 0 Å². The van der Waals surface area contributed by atoms with Gasteiger partial charge in [-0.3, -0.25) is 11.3 Å². The molecule has 0 saturated heterocycles. The summed E-state index contributed by atoms with van der Waals surface area (Å²) < 4.78 is 14.2. The number of halogens is 3. The Bertz CT molecular complexity index is 619. The monoisotopic (exact) mass is 356 g/mol. The van der Waals surface area contributed by atoms with E-state index >= 15 is 0 Å². The van der Waals surface area contributed by atoms with E-state index in [1.165, 1.54) is 6.07 Å². The zero-order chi connectivity index (χ0) is 14.7. The number of aryl methyl sites for hydroxylation is 1. The van der Waals surface area contributed by atoms with Crippen molar-refractivity contribution in [1.82, 2.24) is 5.43 Å². The van der Waals surface area contributed by atoms with E-state index in [4.69, 9.17) is 17.4 Å². The number of hydrazine groups is 1. The van der Waals surface area contributed by atoms with Gasteiger partial charge in [0.25, 0.3) is 0 Å². The molecule has 0 saturated carbocycles. The van der Waals surface area contributed by atoms with Gasteiger partial charge in [-0.2, -0.15) is 0 Å². The van der Waals surface area contributed by atoms with Gasteiger partial charge in [0.2, 0.25) is 0 Å². The minimum atomic E-state index is -0.411. The molecular weight excluding hydrogens is 343 g/mol. The van der Waals surface area contributed by atoms with Crippen LogP contribution in [0, 0.1) is 12.7 Å². The van der Waals surface area contributed by atoms with Gasteiger partial charge in [0.1, 0.15) is 5.82 Å². The number of nitrogens with one attached hydrogen (secondary N) is 1. The molecule has 2 nitrogen and oxygen atoms in total. The van der Waals surface area contributed by atoms with E-state index in [1.54, 1.807) is 12.1 Å². The molecule has 0 aliphatic rings. The van der Waals surface area contributed by atoms with Crippen LogP contribution in [0.4, 0.5) is 4.39 Å². The van der Waals surface area contributed by atoms with Crippen LogP contribution in [0.15, 0.2) is 40.9 Å². The molecule has 5 heteroatoms. The molecule has 106 valence electrons. The van der Waals surface area contributed by atoms with Crippen LogP contribution in [0.5, 0.6) is 0 Å². The van der Waals surface area contributed by atoms with Gasteiger partial charge in [0.15, 0.2) is 0 Å². The standard InChI is InChI=1S/C15H15BrClFN2/c1-9-2-4-11(8-12(9)16)15(20-19)7-10-3-5-14(18)13(17)6-10/h2-6,8,15,20H,7,19H2,1H3. The molecule has 20 heavy (non-hydrogen) atoms. The minimum Gasteiger partial charge on any atom is -0.271 e. The average molecular weight is 358 g/mol. The highest BCUT2D eigenvalue weighted by Gasteiger charge is 2.12. The van der Waals surface area contributed by atoms with Crippen LogP contribution < -0.4 is 11.3 Å². The highest BCUT2D eigenvalue weighted by atomic mass is 79.9. The maximum Gasteiger partial charge on any atom is 0.141 e. The van der Waals surface area contributed by atoms with Crippen molar-refractivity contribution in [3.63, 3.8) is 0 Å². The molecule has 2 rings (SSSR count). The summed E-state index contributed by atoms with van der Waals surface area (Å²) in [6.07, 6.45) is 0.631. The van der Waals surface area contributed by atoms with E-state index in [0.717, 1.165) is 21.2 Å². The third kappa shape index (κ3) is 3.58. The van der Waals surface area contributed by atoms with Crippen LogP contribution in [0.25, 0.3) is 0 Å². The Morgan fingerprint density at radius 2 is 2.05 bits per heavy atom. The Labute approximate surface area is 131 Å². The molecule has 3 N–H and O–H groups in total. The van der Waals surface area contributed by atoms with Crippen LogP contribution in [0.3, 0.4) is 0 Å². The summed E-state index contributed by atoms with van der Waals surface area (Å²) in [5.74, 6) is 5.23. The molecule has 0 spiro atoms. The first-order chi connectivity index (χ1) is 9.51. The third-order valence-corrected chi connectivity index (χ3v) is 4.37. The molecule has 1 atom stereocenters. The van der Waals surface area contributed by atoms with Gasteiger partial charge in [-0.25, -0.2) is 4.39 Å². The van der Waals surface area contributed by atoms with Crippen molar-refractivity contribution in [2.45, 2.75) is 19.4 Å². The highest BCUT2D eigenvalue weighted by Crippen LogP contribution is 2.25. The van der Waals surface area contributed by atoms with Crippen LogP contribution >= 0.6 is 27.5 Å². The number of hydrogen-bond acceptors (Lipinski definition) is 2. The van der Waals surface area contributed by atoms with Crippen molar-refractivity contribution >= 4 is 27.5 Å². The first-order valence-electron chi connectivity index (χ1n) is 6.17. The van der Waals surface area contributed by atoms with Crippen molar-refractivity contribution in [2.24, 2.45) is 5.84 Å². The van der Waals surface area contributed by atoms with Gasteiger partial charge in [-0.1, -0.05) is 45.7 Å². The summed E-state index contributed by atoms with van der Waals surface area (Å²) in [5, 5.41) is 0.128. The van der Waals surface area contributed by atoms with E-state index in [2.05, 4.69) is 21.4 Å². The lowest BCUT2D eigenvalue weighted by molar-refractivity contribution is 0.550. The molecule has 0 bridgehead atoms. The molecule has 0 fully saturated rings. The van der Waals surface area contributed by atoms with E-state index in [9.17, 15) is 4.39 Å². The molecule has 0 aromatic heterocycles. The predicted molar refractivity (Wildman–Crippen MR) is 84.1 cm³/mol. The van der Waals surface area contributed by atoms with E-state index < -0.39 is 5.82 Å². The van der Waals surface area contributed by atoms with Gasteiger partial charge >= 0.3 is 0 Å². The molecular formula is C15H15BrClFN2. The number of hydrogen-bond donors (Lipinski definition) is 2. The van der Waals surface area contributed by atoms with E-state index in [1.807, 2.05) is 25.1 Å². The Balaban J connectivity index is 2.23. The summed E-state index contributed by atoms with van der Waals surface area (Å²) in [5.41, 5.74) is 5.94. The average Bonchev–Trinajstić information content (AvgIpc) is 2.43. The Morgan fingerprint density at radius 1 is 1.30 bits per heavy atom. The van der Waals surface area contributed by atoms with Crippen molar-refractivity contribution < 1.29 is 4.39 Å². The summed E-state index contributed by atoms with van der Waals surface area (Å²) in [6.45, 7) is 2.03. The van der Waals surface area contributed by atoms with Gasteiger partial charge in [0, 0.05) is 4.47 Å². The maximum absolute atomic E-state index is 13.2. The van der Waals surface area contributed by atoms with Crippen molar-refractivity contribution in [2.75, 3.05) is 0 Å². The van der Waals surface area contributed by atoms with Gasteiger partial charge in [-0.15, -0.1) is 0 Å². The summed E-state index contributed by atoms with van der Waals surface area (Å²) in [6, 6.07) is 10.7. The quantitative estimate of drug-likeness (QED) is 0.632. The number of benzene rings is 2. The summed E-state index contributed by atoms with van der Waals surface area (Å²) in [7, 11) is 0. The SMILES string of the molecule is Cc1ccc(C(Cc2ccc(F)c(Cl)c2)NN)cc1Br. The Kier molecular flexibility index (Phi) is 5.16. The lowest BCUT2D eigenvalue weighted by atomic mass is 9.98. The zero-order valence-electron chi connectivity index (χ0n) is 11.0. The first kappa shape index (κ1) is 15.4. The fraction of sp³-hybridized carbons (Fsp3) is 0.200. The normalized spacial score (nSPS) is 12.4. The van der Waals surface area contributed by atoms with Crippen LogP contribution in [0.2, 0.25) is 5.02 Å². The van der Waals surface area contributed by atoms with E-state index in [-0.39, 0.29) is 11.1 Å². The minimum absolute atomic E-state index is 0.0616. The second-order valence-electron chi connectivity index (χ2n) is 4.68. The van der Waals surface area contributed by atoms with Crippen molar-refractivity contribution in [3.8, 4) is 0 Å². The van der Waals surface area contributed by atoms with E-state index in [0.29, 0.717) is 6.42 Å². The van der Waals surface area contributed by atoms with Crippen molar-refractivity contribution in [3.05, 3.63) is 68.4 Å². The lowest BCUT2D eigenvalue weighted by Crippen LogP contribution is -2.29. The summed E-state index contributed by atoms with van der Waals surface area (Å²) >= 11 is 9.31. The van der Waals surface area contributed by atoms with Gasteiger partial charge in [0.05, 0.1) is 11.1 Å². The fourth-order valence-electron chi connectivity index (χ4n) is 2.00. The predicted octanol–water partition coefficient (Wildman–Crippen LogP) is 4.30. The molecule has 0 heterocycles. The molecule has 0 amide bonds. The van der Waals surface area contributed by atoms with Gasteiger partial charge in [-0.05, 0) is 48.2 Å². The molecule has 0 radical (unpaired) electrons. The second kappa shape index (κ2) is 6.68. The van der Waals surface area contributed by atoms with Crippen LogP contribution in [-0.2, 0) is 6.42 Å². The lowest BCUT2D eigenvalue weighted by Gasteiger charge is -2.17. The largest absolute Gasteiger partial charge is 0.271 e. The Morgan fingerprint density at radius 3 is 2.65 bits per heavy atom. The van der Waals surface area contributed by atoms with Crippen molar-refractivity contribution in [1.29, 1.82) is 0 Å². The zero-order valence-corrected chi connectivity index (χ0v) is 13.3. The summed E-state index contributed by atoms with van der Waals surface area (Å²) in [4.78, 5) is 0. The third-order valence-electron chi connectivity index (χ3n) is 3.22. The van der Waals surface area contributed by atoms with Gasteiger partial charge < -0.3 is 0 Å². The topological polar surface area (TPSA) is 38.0 Å². The highest BCUT2D eigenvalue weighted by molar-refractivity contribution is 9.10. The Hall–Kier alpha value is -0.940. The number of rotatable bonds is 4. The molecule has 2 aromatic rings. The molecule has 2 aromatic carbocycles. The molecule has 0 aliphatic heterocycles. The molecule has 1 unspecified atom stereocenters. The molecule has 0 aliphatic carbocycles. The fourth-order valence-corrected chi connectivity index (χ4v) is 2.60. The smallest absolute Gasteiger partial charge is 0.141 e. The first-order valence-corrected chi connectivity index (χ1v) is 7.34. The number of nitrogens with two attached hydrogens (primary N) is 1. The maximum atomic E-state index is 13.2.